The average Bonchev–Trinajstić information content (AvgIpc) is 2.68. The molecule has 1 amide bonds. The molecule has 0 aromatic heterocycles. The summed E-state index contributed by atoms with van der Waals surface area (Å²) in [7, 11) is 0. The van der Waals surface area contributed by atoms with Gasteiger partial charge >= 0.3 is 0 Å². The normalized spacial score (nSPS) is 11.7. The summed E-state index contributed by atoms with van der Waals surface area (Å²) in [5.74, 6) is 0.315. The molecule has 3 nitrogen and oxygen atoms in total. The molecule has 0 aliphatic heterocycles. The summed E-state index contributed by atoms with van der Waals surface area (Å²) >= 11 is -1.18. The van der Waals surface area contributed by atoms with Crippen molar-refractivity contribution in [3.63, 3.8) is 0 Å². The number of benzene rings is 3. The molecule has 0 saturated carbocycles. The monoisotopic (exact) mass is 349 g/mol. The van der Waals surface area contributed by atoms with Gasteiger partial charge in [-0.25, -0.2) is 0 Å². The average molecular weight is 349 g/mol. The SMILES string of the molecule is O=C(Nc1ccccc1[S+]([O-])CCc1ccccc1)c1ccccc1. The number of para-hydroxylation sites is 1. The van der Waals surface area contributed by atoms with E-state index in [0.717, 1.165) is 12.0 Å². The smallest absolute Gasteiger partial charge is 0.255 e. The Bertz CT molecular complexity index is 822. The van der Waals surface area contributed by atoms with Crippen LogP contribution in [0.3, 0.4) is 0 Å². The fourth-order valence-electron chi connectivity index (χ4n) is 2.52. The number of carbonyl (C=O) groups excluding carboxylic acids is 1. The van der Waals surface area contributed by atoms with Crippen molar-refractivity contribution >= 4 is 22.8 Å². The maximum atomic E-state index is 12.7. The van der Waals surface area contributed by atoms with Gasteiger partial charge in [-0.05, 0) is 41.0 Å². The lowest BCUT2D eigenvalue weighted by atomic mass is 10.2. The zero-order chi connectivity index (χ0) is 17.5. The van der Waals surface area contributed by atoms with Gasteiger partial charge in [0.25, 0.3) is 5.91 Å². The molecule has 3 aromatic carbocycles. The van der Waals surface area contributed by atoms with Crippen molar-refractivity contribution in [2.45, 2.75) is 11.3 Å². The molecule has 0 heterocycles. The van der Waals surface area contributed by atoms with Crippen LogP contribution in [0.25, 0.3) is 0 Å². The van der Waals surface area contributed by atoms with Gasteiger partial charge in [0.1, 0.15) is 5.75 Å². The molecule has 1 atom stereocenters. The van der Waals surface area contributed by atoms with Crippen LogP contribution < -0.4 is 5.32 Å². The minimum atomic E-state index is -1.18. The van der Waals surface area contributed by atoms with Crippen molar-refractivity contribution in [1.82, 2.24) is 0 Å². The van der Waals surface area contributed by atoms with Gasteiger partial charge in [0, 0.05) is 12.0 Å². The van der Waals surface area contributed by atoms with E-state index in [2.05, 4.69) is 5.32 Å². The Kier molecular flexibility index (Phi) is 5.88. The van der Waals surface area contributed by atoms with E-state index in [-0.39, 0.29) is 5.91 Å². The van der Waals surface area contributed by atoms with Gasteiger partial charge < -0.3 is 9.87 Å². The zero-order valence-electron chi connectivity index (χ0n) is 13.7. The molecular weight excluding hydrogens is 330 g/mol. The predicted molar refractivity (Wildman–Crippen MR) is 102 cm³/mol. The minimum absolute atomic E-state index is 0.201. The van der Waals surface area contributed by atoms with Crippen LogP contribution >= 0.6 is 0 Å². The number of anilines is 1. The molecule has 0 spiro atoms. The lowest BCUT2D eigenvalue weighted by Gasteiger charge is -2.15. The highest BCUT2D eigenvalue weighted by atomic mass is 32.2. The Morgan fingerprint density at radius 2 is 1.44 bits per heavy atom. The molecule has 3 rings (SSSR count). The molecular formula is C21H19NO2S. The quantitative estimate of drug-likeness (QED) is 0.675. The Labute approximate surface area is 150 Å². The summed E-state index contributed by atoms with van der Waals surface area (Å²) in [6, 6.07) is 26.3. The minimum Gasteiger partial charge on any atom is -0.611 e. The second-order valence-electron chi connectivity index (χ2n) is 5.60. The van der Waals surface area contributed by atoms with Crippen molar-refractivity contribution in [2.24, 2.45) is 0 Å². The topological polar surface area (TPSA) is 52.2 Å². The molecule has 0 aliphatic carbocycles. The summed E-state index contributed by atoms with van der Waals surface area (Å²) in [5.41, 5.74) is 2.33. The number of hydrogen-bond acceptors (Lipinski definition) is 2. The Morgan fingerprint density at radius 1 is 0.840 bits per heavy atom. The Hall–Kier alpha value is -2.56. The second-order valence-corrected chi connectivity index (χ2v) is 7.14. The first-order valence-electron chi connectivity index (χ1n) is 8.12. The lowest BCUT2D eigenvalue weighted by molar-refractivity contribution is 0.102. The second kappa shape index (κ2) is 8.51. The summed E-state index contributed by atoms with van der Waals surface area (Å²) in [4.78, 5) is 13.0. The molecule has 0 fully saturated rings. The van der Waals surface area contributed by atoms with E-state index < -0.39 is 11.2 Å². The number of carbonyl (C=O) groups is 1. The Morgan fingerprint density at radius 3 is 2.16 bits per heavy atom. The highest BCUT2D eigenvalue weighted by molar-refractivity contribution is 7.91. The number of aryl methyl sites for hydroxylation is 1. The van der Waals surface area contributed by atoms with E-state index in [0.29, 0.717) is 21.9 Å². The number of rotatable bonds is 6. The van der Waals surface area contributed by atoms with Crippen LogP contribution in [0.4, 0.5) is 5.69 Å². The zero-order valence-corrected chi connectivity index (χ0v) is 14.5. The molecule has 3 aromatic rings. The fourth-order valence-corrected chi connectivity index (χ4v) is 3.75. The van der Waals surface area contributed by atoms with Gasteiger partial charge in [-0.3, -0.25) is 4.79 Å². The molecule has 0 bridgehead atoms. The third-order valence-electron chi connectivity index (χ3n) is 3.84. The molecule has 0 radical (unpaired) electrons. The summed E-state index contributed by atoms with van der Waals surface area (Å²) in [5, 5.41) is 2.87. The predicted octanol–water partition coefficient (Wildman–Crippen LogP) is 4.29. The molecule has 4 heteroatoms. The number of amides is 1. The third-order valence-corrected chi connectivity index (χ3v) is 5.26. The van der Waals surface area contributed by atoms with Crippen LogP contribution in [0, 0.1) is 0 Å². The van der Waals surface area contributed by atoms with Gasteiger partial charge in [-0.2, -0.15) is 0 Å². The van der Waals surface area contributed by atoms with Gasteiger partial charge in [0.05, 0.1) is 5.69 Å². The van der Waals surface area contributed by atoms with Crippen molar-refractivity contribution in [3.8, 4) is 0 Å². The maximum absolute atomic E-state index is 12.7. The van der Waals surface area contributed by atoms with E-state index in [9.17, 15) is 9.35 Å². The van der Waals surface area contributed by atoms with Gasteiger partial charge in [0.2, 0.25) is 0 Å². The molecule has 25 heavy (non-hydrogen) atoms. The molecule has 0 aliphatic rings. The lowest BCUT2D eigenvalue weighted by Crippen LogP contribution is -2.16. The van der Waals surface area contributed by atoms with Crippen molar-refractivity contribution in [1.29, 1.82) is 0 Å². The first-order chi connectivity index (χ1) is 12.2. The van der Waals surface area contributed by atoms with Crippen molar-refractivity contribution in [3.05, 3.63) is 96.1 Å². The molecule has 126 valence electrons. The summed E-state index contributed by atoms with van der Waals surface area (Å²) in [6.45, 7) is 0. The highest BCUT2D eigenvalue weighted by Gasteiger charge is 2.18. The molecule has 1 N–H and O–H groups in total. The van der Waals surface area contributed by atoms with E-state index in [4.69, 9.17) is 0 Å². The summed E-state index contributed by atoms with van der Waals surface area (Å²) in [6.07, 6.45) is 0.731. The highest BCUT2D eigenvalue weighted by Crippen LogP contribution is 2.23. The van der Waals surface area contributed by atoms with Gasteiger partial charge in [-0.1, -0.05) is 60.7 Å². The standard InChI is InChI=1S/C21H19NO2S/c23-21(18-11-5-2-6-12-18)22-19-13-7-8-14-20(19)25(24)16-15-17-9-3-1-4-10-17/h1-14H,15-16H2,(H,22,23). The van der Waals surface area contributed by atoms with Crippen LogP contribution in [0.15, 0.2) is 89.8 Å². The number of hydrogen-bond donors (Lipinski definition) is 1. The number of nitrogens with one attached hydrogen (secondary N) is 1. The van der Waals surface area contributed by atoms with E-state index in [1.807, 2.05) is 66.7 Å². The van der Waals surface area contributed by atoms with Gasteiger partial charge in [-0.15, -0.1) is 0 Å². The maximum Gasteiger partial charge on any atom is 0.255 e. The van der Waals surface area contributed by atoms with Crippen LogP contribution in [0.2, 0.25) is 0 Å². The van der Waals surface area contributed by atoms with Crippen LogP contribution in [-0.4, -0.2) is 16.2 Å². The first-order valence-corrected chi connectivity index (χ1v) is 9.43. The molecule has 0 saturated heterocycles. The van der Waals surface area contributed by atoms with E-state index >= 15 is 0 Å². The summed E-state index contributed by atoms with van der Waals surface area (Å²) < 4.78 is 12.7. The van der Waals surface area contributed by atoms with Crippen LogP contribution in [0.5, 0.6) is 0 Å². The van der Waals surface area contributed by atoms with Crippen LogP contribution in [-0.2, 0) is 17.6 Å². The first kappa shape index (κ1) is 17.3. The van der Waals surface area contributed by atoms with Crippen molar-refractivity contribution in [2.75, 3.05) is 11.1 Å². The Balaban J connectivity index is 1.70. The van der Waals surface area contributed by atoms with E-state index in [1.54, 1.807) is 18.2 Å². The third kappa shape index (κ3) is 4.72. The largest absolute Gasteiger partial charge is 0.611 e. The fraction of sp³-hybridized carbons (Fsp3) is 0.0952. The van der Waals surface area contributed by atoms with E-state index in [1.165, 1.54) is 0 Å². The van der Waals surface area contributed by atoms with Crippen molar-refractivity contribution < 1.29 is 9.35 Å². The van der Waals surface area contributed by atoms with Gasteiger partial charge in [0.15, 0.2) is 4.90 Å². The molecule has 1 unspecified atom stereocenters. The van der Waals surface area contributed by atoms with Crippen LogP contribution in [0.1, 0.15) is 15.9 Å².